The van der Waals surface area contributed by atoms with E-state index in [0.29, 0.717) is 12.6 Å². The molecule has 0 amide bonds. The molecule has 3 atom stereocenters. The Bertz CT molecular complexity index is 1480. The van der Waals surface area contributed by atoms with Crippen LogP contribution in [0.25, 0.3) is 22.4 Å². The van der Waals surface area contributed by atoms with Crippen molar-refractivity contribution in [2.24, 2.45) is 5.92 Å². The molecule has 39 heavy (non-hydrogen) atoms. The lowest BCUT2D eigenvalue weighted by Gasteiger charge is -2.31. The number of aromatic hydroxyl groups is 1. The Balaban J connectivity index is 1.30. The number of ether oxygens (including phenoxy) is 2. The largest absolute Gasteiger partial charge is 0.508 e. The standard InChI is InChI=1S/C33H35N3O3/c1-21-14-16-36(19-21)22(2)20-38-28-10-7-24(8-11-28)33-32(26-5-4-6-27(37)17-26)23(3)29-12-9-25(18-31(29)39-33)30-13-15-34-35-30/h4-13,15,17-18,21-22,33,37H,14,16,19-20H2,1-3H3,(H,34,35)/t21-,22+,33?/m1/s1. The second-order valence-corrected chi connectivity index (χ2v) is 10.9. The van der Waals surface area contributed by atoms with Crippen molar-refractivity contribution < 1.29 is 14.6 Å². The first kappa shape index (κ1) is 25.3. The van der Waals surface area contributed by atoms with Gasteiger partial charge in [-0.3, -0.25) is 10.00 Å². The van der Waals surface area contributed by atoms with Gasteiger partial charge >= 0.3 is 0 Å². The smallest absolute Gasteiger partial charge is 0.150 e. The molecular weight excluding hydrogens is 486 g/mol. The van der Waals surface area contributed by atoms with E-state index >= 15 is 0 Å². The number of allylic oxidation sites excluding steroid dienone is 1. The van der Waals surface area contributed by atoms with E-state index in [1.165, 1.54) is 6.42 Å². The van der Waals surface area contributed by atoms with Crippen molar-refractivity contribution in [1.82, 2.24) is 15.1 Å². The van der Waals surface area contributed by atoms with E-state index < -0.39 is 0 Å². The third kappa shape index (κ3) is 5.17. The predicted molar refractivity (Wildman–Crippen MR) is 155 cm³/mol. The van der Waals surface area contributed by atoms with E-state index in [2.05, 4.69) is 66.2 Å². The number of rotatable bonds is 7. The molecule has 4 aromatic rings. The summed E-state index contributed by atoms with van der Waals surface area (Å²) in [5, 5.41) is 17.5. The molecule has 200 valence electrons. The van der Waals surface area contributed by atoms with E-state index in [0.717, 1.165) is 69.6 Å². The van der Waals surface area contributed by atoms with Crippen molar-refractivity contribution >= 4 is 11.1 Å². The highest BCUT2D eigenvalue weighted by atomic mass is 16.5. The minimum Gasteiger partial charge on any atom is -0.508 e. The summed E-state index contributed by atoms with van der Waals surface area (Å²) >= 11 is 0. The zero-order valence-electron chi connectivity index (χ0n) is 22.7. The number of H-pyrrole nitrogens is 1. The molecule has 3 heterocycles. The van der Waals surface area contributed by atoms with Gasteiger partial charge in [0.15, 0.2) is 0 Å². The zero-order valence-corrected chi connectivity index (χ0v) is 22.7. The highest BCUT2D eigenvalue weighted by Crippen LogP contribution is 2.47. The van der Waals surface area contributed by atoms with Gasteiger partial charge in [-0.1, -0.05) is 43.3 Å². The fourth-order valence-electron chi connectivity index (χ4n) is 5.74. The molecule has 0 aliphatic carbocycles. The Morgan fingerprint density at radius 2 is 1.92 bits per heavy atom. The maximum Gasteiger partial charge on any atom is 0.150 e. The molecule has 1 fully saturated rings. The van der Waals surface area contributed by atoms with Crippen molar-refractivity contribution in [3.63, 3.8) is 0 Å². The van der Waals surface area contributed by atoms with Gasteiger partial charge in [0.1, 0.15) is 30.0 Å². The monoisotopic (exact) mass is 521 g/mol. The van der Waals surface area contributed by atoms with Crippen molar-refractivity contribution in [3.8, 4) is 28.5 Å². The van der Waals surface area contributed by atoms with Crippen molar-refractivity contribution in [3.05, 3.63) is 95.7 Å². The Morgan fingerprint density at radius 1 is 1.08 bits per heavy atom. The molecule has 2 aliphatic rings. The van der Waals surface area contributed by atoms with E-state index in [9.17, 15) is 5.11 Å². The number of nitrogens with one attached hydrogen (secondary N) is 1. The van der Waals surface area contributed by atoms with Crippen LogP contribution in [0.15, 0.2) is 79.0 Å². The SMILES string of the molecule is CC1=C(c2cccc(O)c2)C(c2ccc(OC[C@H](C)N3CC[C@@H](C)C3)cc2)Oc2cc(-c3cc[nH]n3)ccc21. The molecular formula is C33H35N3O3. The van der Waals surface area contributed by atoms with Gasteiger partial charge in [-0.25, -0.2) is 0 Å². The quantitative estimate of drug-likeness (QED) is 0.275. The average Bonchev–Trinajstić information content (AvgIpc) is 3.64. The fraction of sp³-hybridized carbons (Fsp3) is 0.303. The summed E-state index contributed by atoms with van der Waals surface area (Å²) in [6.45, 7) is 9.65. The number of fused-ring (bicyclic) bond motifs is 1. The number of nitrogens with zero attached hydrogens (tertiary/aromatic N) is 2. The lowest BCUT2D eigenvalue weighted by molar-refractivity contribution is 0.169. The molecule has 0 saturated carbocycles. The second-order valence-electron chi connectivity index (χ2n) is 10.9. The highest BCUT2D eigenvalue weighted by molar-refractivity contribution is 5.96. The molecule has 1 saturated heterocycles. The van der Waals surface area contributed by atoms with Crippen LogP contribution >= 0.6 is 0 Å². The van der Waals surface area contributed by atoms with Crippen LogP contribution in [-0.4, -0.2) is 45.9 Å². The summed E-state index contributed by atoms with van der Waals surface area (Å²) < 4.78 is 12.9. The molecule has 1 aromatic heterocycles. The van der Waals surface area contributed by atoms with Crippen LogP contribution in [0.5, 0.6) is 17.2 Å². The van der Waals surface area contributed by atoms with Crippen LogP contribution in [0.3, 0.4) is 0 Å². The first-order chi connectivity index (χ1) is 19.0. The molecule has 0 bridgehead atoms. The average molecular weight is 522 g/mol. The molecule has 0 radical (unpaired) electrons. The van der Waals surface area contributed by atoms with Gasteiger partial charge in [-0.05, 0) is 85.8 Å². The number of hydrogen-bond acceptors (Lipinski definition) is 5. The van der Waals surface area contributed by atoms with Crippen molar-refractivity contribution in [2.45, 2.75) is 39.3 Å². The summed E-state index contributed by atoms with van der Waals surface area (Å²) in [5.74, 6) is 2.67. The van der Waals surface area contributed by atoms with Crippen LogP contribution in [0.2, 0.25) is 0 Å². The molecule has 2 N–H and O–H groups in total. The van der Waals surface area contributed by atoms with Crippen LogP contribution in [0.1, 0.15) is 50.0 Å². The van der Waals surface area contributed by atoms with Crippen LogP contribution in [0, 0.1) is 5.92 Å². The number of hydrogen-bond donors (Lipinski definition) is 2. The first-order valence-corrected chi connectivity index (χ1v) is 13.7. The van der Waals surface area contributed by atoms with E-state index in [-0.39, 0.29) is 11.9 Å². The Labute approximate surface area is 229 Å². The topological polar surface area (TPSA) is 70.6 Å². The van der Waals surface area contributed by atoms with Gasteiger partial charge < -0.3 is 14.6 Å². The number of phenolic OH excluding ortho intramolecular Hbond substituents is 1. The van der Waals surface area contributed by atoms with Crippen LogP contribution < -0.4 is 9.47 Å². The molecule has 3 aromatic carbocycles. The normalized spacial score (nSPS) is 20.0. The van der Waals surface area contributed by atoms with Gasteiger partial charge in [0, 0.05) is 35.5 Å². The summed E-state index contributed by atoms with van der Waals surface area (Å²) in [6, 6.07) is 24.2. The molecule has 6 nitrogen and oxygen atoms in total. The molecule has 0 spiro atoms. The fourth-order valence-corrected chi connectivity index (χ4v) is 5.74. The number of aromatic nitrogens is 2. The van der Waals surface area contributed by atoms with Crippen LogP contribution in [0.4, 0.5) is 0 Å². The molecule has 2 aliphatic heterocycles. The Hall–Kier alpha value is -4.03. The van der Waals surface area contributed by atoms with Gasteiger partial charge in [0.25, 0.3) is 0 Å². The molecule has 1 unspecified atom stereocenters. The third-order valence-corrected chi connectivity index (χ3v) is 8.00. The summed E-state index contributed by atoms with van der Waals surface area (Å²) in [6.07, 6.45) is 2.74. The Kier molecular flexibility index (Phi) is 6.88. The molecule has 6 heteroatoms. The second kappa shape index (κ2) is 10.6. The minimum absolute atomic E-state index is 0.233. The maximum atomic E-state index is 10.3. The number of aromatic amines is 1. The number of likely N-dealkylation sites (tertiary alicyclic amines) is 1. The zero-order chi connectivity index (χ0) is 26.9. The summed E-state index contributed by atoms with van der Waals surface area (Å²) in [7, 11) is 0. The lowest BCUT2D eigenvalue weighted by Crippen LogP contribution is -2.35. The Morgan fingerprint density at radius 3 is 2.64 bits per heavy atom. The summed E-state index contributed by atoms with van der Waals surface area (Å²) in [5.41, 5.74) is 7.02. The van der Waals surface area contributed by atoms with Gasteiger partial charge in [0.05, 0.1) is 5.69 Å². The lowest BCUT2D eigenvalue weighted by atomic mass is 9.85. The van der Waals surface area contributed by atoms with Gasteiger partial charge in [0.2, 0.25) is 0 Å². The van der Waals surface area contributed by atoms with E-state index in [4.69, 9.17) is 9.47 Å². The number of benzene rings is 3. The highest BCUT2D eigenvalue weighted by Gasteiger charge is 2.30. The maximum absolute atomic E-state index is 10.3. The van der Waals surface area contributed by atoms with E-state index in [1.807, 2.05) is 36.5 Å². The third-order valence-electron chi connectivity index (χ3n) is 8.00. The van der Waals surface area contributed by atoms with Crippen molar-refractivity contribution in [1.29, 1.82) is 0 Å². The minimum atomic E-state index is -0.340. The predicted octanol–water partition coefficient (Wildman–Crippen LogP) is 6.96. The summed E-state index contributed by atoms with van der Waals surface area (Å²) in [4.78, 5) is 2.51. The number of phenols is 1. The van der Waals surface area contributed by atoms with Crippen LogP contribution in [-0.2, 0) is 0 Å². The molecule has 6 rings (SSSR count). The van der Waals surface area contributed by atoms with E-state index in [1.54, 1.807) is 12.1 Å². The van der Waals surface area contributed by atoms with Crippen molar-refractivity contribution in [2.75, 3.05) is 19.7 Å². The van der Waals surface area contributed by atoms with Gasteiger partial charge in [-0.15, -0.1) is 0 Å². The van der Waals surface area contributed by atoms with Gasteiger partial charge in [-0.2, -0.15) is 5.10 Å². The first-order valence-electron chi connectivity index (χ1n) is 13.7.